The van der Waals surface area contributed by atoms with Crippen molar-refractivity contribution in [3.63, 3.8) is 0 Å². The highest BCUT2D eigenvalue weighted by molar-refractivity contribution is 6.30. The van der Waals surface area contributed by atoms with Gasteiger partial charge in [-0.3, -0.25) is 0 Å². The summed E-state index contributed by atoms with van der Waals surface area (Å²) in [6.45, 7) is 1.66. The third kappa shape index (κ3) is 5.44. The van der Waals surface area contributed by atoms with Crippen molar-refractivity contribution in [3.8, 4) is 11.5 Å². The number of hydrogen-bond donors (Lipinski definition) is 1. The van der Waals surface area contributed by atoms with Crippen LogP contribution in [0.1, 0.15) is 43.2 Å². The molecule has 0 aliphatic rings. The fourth-order valence-electron chi connectivity index (χ4n) is 3.65. The molecule has 0 spiro atoms. The summed E-state index contributed by atoms with van der Waals surface area (Å²) < 4.78 is 52.3. The number of hydrogen-bond acceptors (Lipinski definition) is 4. The van der Waals surface area contributed by atoms with Crippen molar-refractivity contribution in [2.75, 3.05) is 0 Å². The molecule has 180 valence electrons. The molecule has 0 saturated carbocycles. The number of nitrogens with zero attached hydrogens (tertiary/aromatic N) is 1. The monoisotopic (exact) mass is 493 g/mol. The Morgan fingerprint density at radius 2 is 1.97 bits per heavy atom. The smallest absolute Gasteiger partial charge is 0.387 e. The van der Waals surface area contributed by atoms with Crippen LogP contribution in [-0.2, 0) is 17.6 Å². The topological polar surface area (TPSA) is 68.7 Å². The largest absolute Gasteiger partial charge is 0.479 e. The lowest BCUT2D eigenvalue weighted by atomic mass is 9.95. The van der Waals surface area contributed by atoms with Crippen molar-refractivity contribution >= 4 is 34.5 Å². The lowest BCUT2D eigenvalue weighted by Gasteiger charge is -2.21. The van der Waals surface area contributed by atoms with Crippen LogP contribution in [0.2, 0.25) is 5.02 Å². The number of pyridine rings is 1. The zero-order valence-electron chi connectivity index (χ0n) is 18.7. The van der Waals surface area contributed by atoms with Crippen LogP contribution in [0.4, 0.5) is 13.2 Å². The zero-order chi connectivity index (χ0) is 25.0. The van der Waals surface area contributed by atoms with Crippen LogP contribution < -0.4 is 9.47 Å². The van der Waals surface area contributed by atoms with Crippen LogP contribution in [-0.4, -0.2) is 28.8 Å². The highest BCUT2D eigenvalue weighted by Gasteiger charge is 2.26. The summed E-state index contributed by atoms with van der Waals surface area (Å²) in [7, 11) is 0. The summed E-state index contributed by atoms with van der Waals surface area (Å²) in [6.07, 6.45) is 2.78. The number of aryl methyl sites for hydroxylation is 1. The van der Waals surface area contributed by atoms with Gasteiger partial charge in [0.15, 0.2) is 6.10 Å². The minimum Gasteiger partial charge on any atom is -0.479 e. The molecular weight excluding hydrogens is 471 g/mol. The molecule has 0 aliphatic heterocycles. The molecule has 0 amide bonds. The number of carboxylic acid groups (broad SMARTS) is 1. The molecule has 1 heterocycles. The van der Waals surface area contributed by atoms with Gasteiger partial charge in [0.2, 0.25) is 0 Å². The van der Waals surface area contributed by atoms with Crippen LogP contribution in [0.3, 0.4) is 0 Å². The number of allylic oxidation sites excluding steroid dienone is 1. The van der Waals surface area contributed by atoms with E-state index in [4.69, 9.17) is 21.1 Å². The fraction of sp³-hybridized carbons (Fsp3) is 0.280. The van der Waals surface area contributed by atoms with Crippen molar-refractivity contribution < 1.29 is 32.5 Å². The normalized spacial score (nSPS) is 12.5. The van der Waals surface area contributed by atoms with E-state index >= 15 is 0 Å². The Labute approximate surface area is 199 Å². The molecule has 0 fully saturated rings. The Morgan fingerprint density at radius 3 is 2.59 bits per heavy atom. The van der Waals surface area contributed by atoms with Gasteiger partial charge in [0.25, 0.3) is 0 Å². The molecule has 3 aromatic rings. The standard InChI is InChI=1S/C25H23ClF3NO4/c1-4-6-14-11-16(26)8-7-15(14)12-17-19(5-2)30-22-18(27)9-10-20(33-13(3)24(31)32)21(22)23(17)34-25(28)29/h4,6-11,13,25H,5,12H2,1-3H3,(H,31,32)/b6-4-/t13-/m0/s1. The highest BCUT2D eigenvalue weighted by atomic mass is 35.5. The van der Waals surface area contributed by atoms with E-state index in [1.165, 1.54) is 13.0 Å². The number of carbonyl (C=O) groups is 1. The van der Waals surface area contributed by atoms with E-state index in [9.17, 15) is 23.1 Å². The predicted molar refractivity (Wildman–Crippen MR) is 124 cm³/mol. The first-order chi connectivity index (χ1) is 16.2. The third-order valence-electron chi connectivity index (χ3n) is 5.20. The molecule has 1 atom stereocenters. The van der Waals surface area contributed by atoms with Crippen molar-refractivity contribution in [1.29, 1.82) is 0 Å². The van der Waals surface area contributed by atoms with E-state index in [0.29, 0.717) is 22.7 Å². The predicted octanol–water partition coefficient (Wildman–Crippen LogP) is 6.67. The molecule has 1 aromatic heterocycles. The molecular formula is C25H23ClF3NO4. The highest BCUT2D eigenvalue weighted by Crippen LogP contribution is 2.41. The maximum atomic E-state index is 14.8. The van der Waals surface area contributed by atoms with Gasteiger partial charge in [-0.25, -0.2) is 14.2 Å². The zero-order valence-corrected chi connectivity index (χ0v) is 19.5. The summed E-state index contributed by atoms with van der Waals surface area (Å²) in [6, 6.07) is 7.42. The number of ether oxygens (including phenoxy) is 2. The molecule has 9 heteroatoms. The lowest BCUT2D eigenvalue weighted by molar-refractivity contribution is -0.144. The Balaban J connectivity index is 2.33. The molecule has 34 heavy (non-hydrogen) atoms. The quantitative estimate of drug-likeness (QED) is 0.360. The maximum absolute atomic E-state index is 14.8. The van der Waals surface area contributed by atoms with E-state index in [1.807, 2.05) is 19.1 Å². The van der Waals surface area contributed by atoms with E-state index < -0.39 is 24.5 Å². The van der Waals surface area contributed by atoms with Crippen molar-refractivity contribution in [1.82, 2.24) is 4.98 Å². The Hall–Kier alpha value is -3.26. The van der Waals surface area contributed by atoms with Gasteiger partial charge in [-0.15, -0.1) is 0 Å². The summed E-state index contributed by atoms with van der Waals surface area (Å²) in [5.74, 6) is -2.47. The molecule has 0 saturated heterocycles. The molecule has 1 N–H and O–H groups in total. The van der Waals surface area contributed by atoms with Crippen LogP contribution in [0, 0.1) is 5.82 Å². The van der Waals surface area contributed by atoms with Gasteiger partial charge in [-0.2, -0.15) is 8.78 Å². The summed E-state index contributed by atoms with van der Waals surface area (Å²) >= 11 is 6.13. The third-order valence-corrected chi connectivity index (χ3v) is 5.44. The van der Waals surface area contributed by atoms with Gasteiger partial charge in [0.1, 0.15) is 22.8 Å². The second-order valence-electron chi connectivity index (χ2n) is 7.49. The summed E-state index contributed by atoms with van der Waals surface area (Å²) in [5, 5.41) is 9.59. The van der Waals surface area contributed by atoms with Gasteiger partial charge in [0.05, 0.1) is 5.39 Å². The molecule has 0 radical (unpaired) electrons. The second kappa shape index (κ2) is 10.8. The van der Waals surface area contributed by atoms with E-state index in [0.717, 1.165) is 17.2 Å². The maximum Gasteiger partial charge on any atom is 0.387 e. The molecule has 3 rings (SSSR count). The number of fused-ring (bicyclic) bond motifs is 1. The number of aliphatic carboxylic acids is 1. The Bertz CT molecular complexity index is 1250. The number of rotatable bonds is 9. The first kappa shape index (κ1) is 25.4. The Kier molecular flexibility index (Phi) is 8.04. The molecule has 0 unspecified atom stereocenters. The van der Waals surface area contributed by atoms with E-state index in [-0.39, 0.29) is 28.8 Å². The second-order valence-corrected chi connectivity index (χ2v) is 7.92. The van der Waals surface area contributed by atoms with Gasteiger partial charge in [0, 0.05) is 22.7 Å². The minimum absolute atomic E-state index is 0.122. The number of benzene rings is 2. The first-order valence-corrected chi connectivity index (χ1v) is 10.9. The molecule has 0 bridgehead atoms. The van der Waals surface area contributed by atoms with Gasteiger partial charge in [-0.1, -0.05) is 36.7 Å². The van der Waals surface area contributed by atoms with Crippen molar-refractivity contribution in [2.45, 2.75) is 46.3 Å². The lowest BCUT2D eigenvalue weighted by Crippen LogP contribution is -2.23. The number of alkyl halides is 2. The van der Waals surface area contributed by atoms with Crippen LogP contribution in [0.5, 0.6) is 11.5 Å². The van der Waals surface area contributed by atoms with Gasteiger partial charge >= 0.3 is 12.6 Å². The van der Waals surface area contributed by atoms with Crippen LogP contribution >= 0.6 is 11.6 Å². The van der Waals surface area contributed by atoms with Crippen molar-refractivity contribution in [3.05, 3.63) is 69.6 Å². The summed E-state index contributed by atoms with van der Waals surface area (Å²) in [5.41, 5.74) is 1.98. The van der Waals surface area contributed by atoms with Crippen LogP contribution in [0.15, 0.2) is 36.4 Å². The SMILES string of the molecule is C/C=C\c1cc(Cl)ccc1Cc1c(CC)nc2c(F)ccc(O[C@@H](C)C(=O)O)c2c1OC(F)F. The number of halogens is 4. The molecule has 2 aromatic carbocycles. The average molecular weight is 494 g/mol. The molecule has 0 aliphatic carbocycles. The number of aromatic nitrogens is 1. The van der Waals surface area contributed by atoms with Crippen molar-refractivity contribution in [2.24, 2.45) is 0 Å². The molecule has 5 nitrogen and oxygen atoms in total. The van der Waals surface area contributed by atoms with E-state index in [2.05, 4.69) is 4.98 Å². The van der Waals surface area contributed by atoms with Gasteiger partial charge in [-0.05, 0) is 55.7 Å². The fourth-order valence-corrected chi connectivity index (χ4v) is 3.83. The van der Waals surface area contributed by atoms with E-state index in [1.54, 1.807) is 25.1 Å². The number of carboxylic acids is 1. The average Bonchev–Trinajstić information content (AvgIpc) is 2.78. The Morgan fingerprint density at radius 1 is 1.24 bits per heavy atom. The first-order valence-electron chi connectivity index (χ1n) is 10.6. The summed E-state index contributed by atoms with van der Waals surface area (Å²) in [4.78, 5) is 15.7. The van der Waals surface area contributed by atoms with Crippen LogP contribution in [0.25, 0.3) is 17.0 Å². The van der Waals surface area contributed by atoms with Gasteiger partial charge < -0.3 is 14.6 Å². The minimum atomic E-state index is -3.22.